The molecule has 0 saturated heterocycles. The van der Waals surface area contributed by atoms with Crippen LogP contribution in [0, 0.1) is 0 Å². The van der Waals surface area contributed by atoms with Gasteiger partial charge in [0.1, 0.15) is 0 Å². The molecule has 0 N–H and O–H groups in total. The Labute approximate surface area is 222 Å². The largest absolute Gasteiger partial charge is 0.378 e. The van der Waals surface area contributed by atoms with Crippen molar-refractivity contribution in [3.8, 4) is 0 Å². The number of ether oxygens (including phenoxy) is 4. The summed E-state index contributed by atoms with van der Waals surface area (Å²) in [6.07, 6.45) is 0. The van der Waals surface area contributed by atoms with Gasteiger partial charge in [-0.05, 0) is 45.8 Å². The predicted molar refractivity (Wildman–Crippen MR) is 153 cm³/mol. The van der Waals surface area contributed by atoms with Crippen LogP contribution in [0.15, 0.2) is 94.7 Å². The van der Waals surface area contributed by atoms with Gasteiger partial charge in [-0.2, -0.15) is 0 Å². The fraction of sp³-hybridized carbons (Fsp3) is 0.333. The van der Waals surface area contributed by atoms with Crippen LogP contribution < -0.4 is 0 Å². The Morgan fingerprint density at radius 3 is 1.17 bits per heavy atom. The first-order chi connectivity index (χ1) is 17.9. The Kier molecular flexibility index (Phi) is 11.9. The maximum absolute atomic E-state index is 5.67. The van der Waals surface area contributed by atoms with Gasteiger partial charge in [0.15, 0.2) is 0 Å². The van der Waals surface area contributed by atoms with Gasteiger partial charge in [0.25, 0.3) is 0 Å². The van der Waals surface area contributed by atoms with E-state index < -0.39 is 0 Å². The molecule has 0 spiro atoms. The number of rotatable bonds is 17. The smallest absolute Gasteiger partial charge is 0.0701 e. The van der Waals surface area contributed by atoms with Crippen LogP contribution in [0.1, 0.15) is 0 Å². The molecule has 0 aliphatic carbocycles. The first-order valence-electron chi connectivity index (χ1n) is 12.4. The van der Waals surface area contributed by atoms with E-state index in [2.05, 4.69) is 84.9 Å². The van der Waals surface area contributed by atoms with E-state index in [9.17, 15) is 0 Å². The molecule has 4 aromatic carbocycles. The molecule has 6 heteroatoms. The highest BCUT2D eigenvalue weighted by atomic mass is 32.2. The Morgan fingerprint density at radius 2 is 0.750 bits per heavy atom. The third-order valence-electron chi connectivity index (χ3n) is 5.55. The first kappa shape index (κ1) is 27.0. The molecule has 0 bridgehead atoms. The van der Waals surface area contributed by atoms with E-state index in [1.54, 1.807) is 0 Å². The maximum Gasteiger partial charge on any atom is 0.0701 e. The van der Waals surface area contributed by atoms with Gasteiger partial charge in [-0.3, -0.25) is 0 Å². The number of thioether (sulfide) groups is 2. The zero-order valence-corrected chi connectivity index (χ0v) is 22.2. The summed E-state index contributed by atoms with van der Waals surface area (Å²) in [5.74, 6) is 1.87. The molecule has 190 valence electrons. The fourth-order valence-electron chi connectivity index (χ4n) is 3.71. The van der Waals surface area contributed by atoms with E-state index in [0.29, 0.717) is 52.9 Å². The van der Waals surface area contributed by atoms with Crippen molar-refractivity contribution in [2.75, 3.05) is 64.4 Å². The second kappa shape index (κ2) is 15.9. The number of fused-ring (bicyclic) bond motifs is 2. The van der Waals surface area contributed by atoms with Crippen molar-refractivity contribution in [2.45, 2.75) is 9.79 Å². The van der Waals surface area contributed by atoms with Crippen molar-refractivity contribution in [3.05, 3.63) is 84.9 Å². The lowest BCUT2D eigenvalue weighted by Crippen LogP contribution is -2.12. The van der Waals surface area contributed by atoms with Crippen molar-refractivity contribution in [1.82, 2.24) is 0 Å². The fourth-order valence-corrected chi connectivity index (χ4v) is 5.34. The molecule has 0 aromatic heterocycles. The van der Waals surface area contributed by atoms with Crippen LogP contribution in [0.5, 0.6) is 0 Å². The van der Waals surface area contributed by atoms with E-state index in [-0.39, 0.29) is 0 Å². The summed E-state index contributed by atoms with van der Waals surface area (Å²) in [5.41, 5.74) is 0. The van der Waals surface area contributed by atoms with Crippen LogP contribution in [0.2, 0.25) is 0 Å². The van der Waals surface area contributed by atoms with Crippen molar-refractivity contribution < 1.29 is 18.9 Å². The van der Waals surface area contributed by atoms with E-state index in [4.69, 9.17) is 18.9 Å². The molecule has 0 atom stereocenters. The topological polar surface area (TPSA) is 36.9 Å². The lowest BCUT2D eigenvalue weighted by molar-refractivity contribution is 0.00146. The molecule has 4 aromatic rings. The molecule has 0 unspecified atom stereocenters. The number of hydrogen-bond acceptors (Lipinski definition) is 6. The molecule has 0 amide bonds. The second-order valence-electron chi connectivity index (χ2n) is 8.16. The highest BCUT2D eigenvalue weighted by Crippen LogP contribution is 2.24. The van der Waals surface area contributed by atoms with Gasteiger partial charge in [-0.25, -0.2) is 0 Å². The molecule has 0 heterocycles. The predicted octanol–water partition coefficient (Wildman–Crippen LogP) is 6.94. The standard InChI is InChI=1S/C30H34O4S2/c1-3-7-27-23-29(11-9-25(27)5-1)35-21-19-33-17-15-31-13-14-32-16-18-34-20-22-36-30-12-10-26-6-2-4-8-28(26)24-30/h1-12,23-24H,13-22H2. The van der Waals surface area contributed by atoms with Crippen LogP contribution in [0.3, 0.4) is 0 Å². The van der Waals surface area contributed by atoms with Crippen LogP contribution in [-0.2, 0) is 18.9 Å². The van der Waals surface area contributed by atoms with E-state index in [1.807, 2.05) is 23.5 Å². The Balaban J connectivity index is 0.911. The molecule has 4 rings (SSSR count). The zero-order valence-electron chi connectivity index (χ0n) is 20.6. The van der Waals surface area contributed by atoms with Crippen molar-refractivity contribution in [3.63, 3.8) is 0 Å². The van der Waals surface area contributed by atoms with Crippen LogP contribution >= 0.6 is 23.5 Å². The molecule has 0 radical (unpaired) electrons. The number of hydrogen-bond donors (Lipinski definition) is 0. The summed E-state index contributed by atoms with van der Waals surface area (Å²) >= 11 is 3.64. The molecule has 0 fully saturated rings. The van der Waals surface area contributed by atoms with Crippen molar-refractivity contribution in [1.29, 1.82) is 0 Å². The van der Waals surface area contributed by atoms with Gasteiger partial charge in [-0.15, -0.1) is 23.5 Å². The lowest BCUT2D eigenvalue weighted by Gasteiger charge is -2.08. The quantitative estimate of drug-likeness (QED) is 0.110. The molecular weight excluding hydrogens is 488 g/mol. The average Bonchev–Trinajstić information content (AvgIpc) is 2.92. The third kappa shape index (κ3) is 9.43. The van der Waals surface area contributed by atoms with E-state index >= 15 is 0 Å². The van der Waals surface area contributed by atoms with Gasteiger partial charge >= 0.3 is 0 Å². The highest BCUT2D eigenvalue weighted by Gasteiger charge is 1.99. The highest BCUT2D eigenvalue weighted by molar-refractivity contribution is 7.99. The van der Waals surface area contributed by atoms with Crippen LogP contribution in [0.25, 0.3) is 21.5 Å². The average molecular weight is 523 g/mol. The molecule has 0 aliphatic rings. The minimum atomic E-state index is 0.576. The summed E-state index contributed by atoms with van der Waals surface area (Å²) < 4.78 is 22.5. The third-order valence-corrected chi connectivity index (χ3v) is 7.47. The molecular formula is C30H34O4S2. The van der Waals surface area contributed by atoms with Gasteiger partial charge in [0, 0.05) is 21.3 Å². The molecule has 4 nitrogen and oxygen atoms in total. The van der Waals surface area contributed by atoms with E-state index in [0.717, 1.165) is 11.5 Å². The Morgan fingerprint density at radius 1 is 0.389 bits per heavy atom. The Bertz CT molecular complexity index is 1090. The van der Waals surface area contributed by atoms with E-state index in [1.165, 1.54) is 31.3 Å². The maximum atomic E-state index is 5.67. The molecule has 0 saturated carbocycles. The van der Waals surface area contributed by atoms with Gasteiger partial charge in [0.05, 0.1) is 52.9 Å². The van der Waals surface area contributed by atoms with Gasteiger partial charge in [0.2, 0.25) is 0 Å². The zero-order chi connectivity index (χ0) is 24.7. The van der Waals surface area contributed by atoms with Gasteiger partial charge in [-0.1, -0.05) is 60.7 Å². The summed E-state index contributed by atoms with van der Waals surface area (Å²) in [7, 11) is 0. The van der Waals surface area contributed by atoms with Crippen molar-refractivity contribution in [2.24, 2.45) is 0 Å². The van der Waals surface area contributed by atoms with Crippen LogP contribution in [0.4, 0.5) is 0 Å². The van der Waals surface area contributed by atoms with Crippen molar-refractivity contribution >= 4 is 45.1 Å². The minimum absolute atomic E-state index is 0.576. The number of benzene rings is 4. The van der Waals surface area contributed by atoms with Crippen LogP contribution in [-0.4, -0.2) is 64.4 Å². The first-order valence-corrected chi connectivity index (χ1v) is 14.4. The summed E-state index contributed by atoms with van der Waals surface area (Å²) in [6, 6.07) is 30.0. The van der Waals surface area contributed by atoms with Gasteiger partial charge < -0.3 is 18.9 Å². The summed E-state index contributed by atoms with van der Waals surface area (Å²) in [6.45, 7) is 4.98. The second-order valence-corrected chi connectivity index (χ2v) is 10.5. The summed E-state index contributed by atoms with van der Waals surface area (Å²) in [5, 5.41) is 5.11. The summed E-state index contributed by atoms with van der Waals surface area (Å²) in [4.78, 5) is 2.55. The lowest BCUT2D eigenvalue weighted by atomic mass is 10.1. The molecule has 0 aliphatic heterocycles. The molecule has 36 heavy (non-hydrogen) atoms. The minimum Gasteiger partial charge on any atom is -0.378 e. The monoisotopic (exact) mass is 522 g/mol. The normalized spacial score (nSPS) is 11.4. The SMILES string of the molecule is c1ccc2cc(SCCOCCOCCOCCOCCSc3ccc4ccccc4c3)ccc2c1. The Hall–Kier alpha value is -2.06.